The van der Waals surface area contributed by atoms with Crippen LogP contribution in [0.3, 0.4) is 0 Å². The fraction of sp³-hybridized carbons (Fsp3) is 0.311. The van der Waals surface area contributed by atoms with E-state index >= 15 is 0 Å². The second kappa shape index (κ2) is 30.1. The number of aliphatic hydroxyl groups excluding tert-OH is 1. The van der Waals surface area contributed by atoms with Crippen LogP contribution in [0.25, 0.3) is 32.7 Å². The summed E-state index contributed by atoms with van der Waals surface area (Å²) in [7, 11) is 1.00. The van der Waals surface area contributed by atoms with Crippen LogP contribution in [0.15, 0.2) is 142 Å². The van der Waals surface area contributed by atoms with Gasteiger partial charge in [-0.15, -0.1) is 0 Å². The zero-order valence-electron chi connectivity index (χ0n) is 56.9. The Kier molecular flexibility index (Phi) is 24.8. The summed E-state index contributed by atoms with van der Waals surface area (Å²) in [4.78, 5) is 118. The number of amides is 2. The molecule has 22 nitrogen and oxygen atoms in total. The van der Waals surface area contributed by atoms with Gasteiger partial charge < -0.3 is 66.7 Å². The van der Waals surface area contributed by atoms with Crippen LogP contribution in [0.2, 0.25) is 0 Å². The number of nitrogens with two attached hydrogens (primary N) is 1. The zero-order chi connectivity index (χ0) is 70.1. The number of phenols is 1. The number of fused-ring (bicyclic) bond motifs is 5. The molecule has 508 valence electrons. The number of hydrogen-bond acceptors (Lipinski definition) is 15. The number of nitrogen functional groups attached to an aromatic ring is 1. The number of hydrogen-bond donors (Lipinski definition) is 10. The topological polar surface area (TPSA) is 380 Å². The van der Waals surface area contributed by atoms with Crippen LogP contribution in [-0.4, -0.2) is 83.7 Å². The van der Waals surface area contributed by atoms with Gasteiger partial charge in [0, 0.05) is 110 Å². The number of phenolic OH excluding ortho intramolecular Hbond substituents is 1. The molecule has 5 heterocycles. The third kappa shape index (κ3) is 16.6. The maximum atomic E-state index is 13.0. The Labute approximate surface area is 583 Å². The quantitative estimate of drug-likeness (QED) is 0.0307. The van der Waals surface area contributed by atoms with Crippen molar-refractivity contribution in [1.29, 1.82) is 0 Å². The maximum absolute atomic E-state index is 13.0. The van der Waals surface area contributed by atoms with Gasteiger partial charge in [-0.25, -0.2) is 4.79 Å². The van der Waals surface area contributed by atoms with Gasteiger partial charge in [0.05, 0.1) is 16.2 Å². The van der Waals surface area contributed by atoms with Gasteiger partial charge in [0.15, 0.2) is 0 Å². The van der Waals surface area contributed by atoms with E-state index in [0.29, 0.717) is 66.8 Å². The molecule has 9 aromatic rings. The van der Waals surface area contributed by atoms with Crippen LogP contribution < -0.4 is 71.7 Å². The Morgan fingerprint density at radius 3 is 1.19 bits per heavy atom. The van der Waals surface area contributed by atoms with Crippen LogP contribution in [0, 0.1) is 0 Å². The zero-order valence-corrected chi connectivity index (χ0v) is 58.9. The SMILES string of the molecule is C.CC(C)(C)c1cc(C(C)(C)C(=O)O)c(O)cc1NC(=O)c1c[nH]c2ccccc2c1=O.CC(C)(C)c1cc2c(cc1N)OC(=O)C2(C)C.CC(C)(C)c1cc2c(cc1NC(=O)c1c[nH]c3ccccc3c1=O)OC(=O)C2(C)C.CO.O=C(O)c1c[nH]c2ccccc2c1=O.[Na+].[OH-]. The second-order valence-electron chi connectivity index (χ2n) is 27.4. The Morgan fingerprint density at radius 1 is 0.485 bits per heavy atom. The van der Waals surface area contributed by atoms with E-state index in [0.717, 1.165) is 29.4 Å². The summed E-state index contributed by atoms with van der Waals surface area (Å²) in [5, 5.41) is 42.7. The van der Waals surface area contributed by atoms with E-state index in [4.69, 9.17) is 25.4 Å². The van der Waals surface area contributed by atoms with Gasteiger partial charge >= 0.3 is 53.4 Å². The summed E-state index contributed by atoms with van der Waals surface area (Å²) in [6.45, 7) is 28.5. The smallest absolute Gasteiger partial charge is 0.870 e. The van der Waals surface area contributed by atoms with Crippen LogP contribution in [0.4, 0.5) is 17.1 Å². The van der Waals surface area contributed by atoms with Crippen LogP contribution >= 0.6 is 0 Å². The molecule has 0 aliphatic carbocycles. The molecule has 2 amide bonds. The van der Waals surface area contributed by atoms with Crippen molar-refractivity contribution in [3.8, 4) is 17.2 Å². The Morgan fingerprint density at radius 2 is 0.814 bits per heavy atom. The van der Waals surface area contributed by atoms with Crippen molar-refractivity contribution in [2.24, 2.45) is 0 Å². The van der Waals surface area contributed by atoms with Crippen molar-refractivity contribution >= 4 is 85.5 Å². The molecule has 97 heavy (non-hydrogen) atoms. The predicted octanol–water partition coefficient (Wildman–Crippen LogP) is 9.48. The van der Waals surface area contributed by atoms with E-state index in [1.165, 1.54) is 38.5 Å². The number of aromatic carboxylic acids is 1. The fourth-order valence-electron chi connectivity index (χ4n) is 10.7. The Bertz CT molecular complexity index is 4710. The number of carbonyl (C=O) groups excluding carboxylic acids is 4. The first-order valence-electron chi connectivity index (χ1n) is 30.0. The molecule has 2 aliphatic rings. The van der Waals surface area contributed by atoms with Gasteiger partial charge in [-0.05, 0) is 129 Å². The molecule has 0 atom stereocenters. The summed E-state index contributed by atoms with van der Waals surface area (Å²) in [6.07, 6.45) is 4.00. The van der Waals surface area contributed by atoms with Crippen LogP contribution in [-0.2, 0) is 46.9 Å². The molecule has 11 rings (SSSR count). The van der Waals surface area contributed by atoms with E-state index < -0.39 is 56.3 Å². The molecule has 0 radical (unpaired) electrons. The minimum absolute atomic E-state index is 0. The molecule has 0 spiro atoms. The molecule has 0 saturated carbocycles. The molecule has 2 aliphatic heterocycles. The third-order valence-corrected chi connectivity index (χ3v) is 16.4. The van der Waals surface area contributed by atoms with Gasteiger partial charge in [-0.2, -0.15) is 0 Å². The number of ether oxygens (including phenoxy) is 2. The summed E-state index contributed by atoms with van der Waals surface area (Å²) < 4.78 is 10.7. The minimum atomic E-state index is -1.33. The third-order valence-electron chi connectivity index (χ3n) is 16.4. The van der Waals surface area contributed by atoms with E-state index in [1.807, 2.05) is 87.4 Å². The maximum Gasteiger partial charge on any atom is 1.00 e. The average Bonchev–Trinajstić information content (AvgIpc) is 1.68. The van der Waals surface area contributed by atoms with Crippen molar-refractivity contribution in [3.05, 3.63) is 209 Å². The second-order valence-corrected chi connectivity index (χ2v) is 27.4. The molecule has 0 bridgehead atoms. The number of aromatic nitrogens is 3. The number of anilines is 3. The Hall–Kier alpha value is -9.71. The van der Waals surface area contributed by atoms with E-state index in [9.17, 15) is 53.4 Å². The van der Waals surface area contributed by atoms with Gasteiger partial charge in [-0.1, -0.05) is 106 Å². The van der Waals surface area contributed by atoms with Gasteiger partial charge in [0.2, 0.25) is 16.3 Å². The van der Waals surface area contributed by atoms with E-state index in [-0.39, 0.29) is 98.7 Å². The molecule has 6 aromatic carbocycles. The first-order chi connectivity index (χ1) is 43.7. The number of pyridine rings is 3. The molecular weight excluding hydrogens is 1250 g/mol. The van der Waals surface area contributed by atoms with Crippen molar-refractivity contribution < 1.29 is 93.7 Å². The number of para-hydroxylation sites is 3. The molecule has 0 fully saturated rings. The van der Waals surface area contributed by atoms with Gasteiger partial charge in [-0.3, -0.25) is 38.4 Å². The number of aliphatic hydroxyl groups is 1. The van der Waals surface area contributed by atoms with Crippen LogP contribution in [0.5, 0.6) is 17.2 Å². The molecule has 23 heteroatoms. The van der Waals surface area contributed by atoms with Crippen LogP contribution in [0.1, 0.15) is 176 Å². The number of aromatic amines is 3. The predicted molar refractivity (Wildman–Crippen MR) is 373 cm³/mol. The fourth-order valence-corrected chi connectivity index (χ4v) is 10.7. The number of carboxylic acids is 2. The Balaban J connectivity index is 0.000000282. The monoisotopic (exact) mass is 1340 g/mol. The number of esters is 2. The van der Waals surface area contributed by atoms with E-state index in [1.54, 1.807) is 84.9 Å². The number of nitrogens with one attached hydrogen (secondary N) is 5. The summed E-state index contributed by atoms with van der Waals surface area (Å²) >= 11 is 0. The van der Waals surface area contributed by atoms with Crippen molar-refractivity contribution in [3.63, 3.8) is 0 Å². The van der Waals surface area contributed by atoms with Crippen molar-refractivity contribution in [1.82, 2.24) is 15.0 Å². The first kappa shape index (κ1) is 79.7. The summed E-state index contributed by atoms with van der Waals surface area (Å²) in [6, 6.07) is 31.0. The molecule has 3 aromatic heterocycles. The van der Waals surface area contributed by atoms with Gasteiger partial charge in [0.25, 0.3) is 11.8 Å². The van der Waals surface area contributed by atoms with Gasteiger partial charge in [0.1, 0.15) is 33.9 Å². The first-order valence-corrected chi connectivity index (χ1v) is 30.0. The number of benzene rings is 6. The molecule has 0 saturated heterocycles. The standard InChI is InChI=1S/C24H26N2O5.C24H24N2O4.C14H19NO2.C10H7NO3.CH4O.CH4.Na.H2O/c1-23(2,3)15-10-16(24(4,5)22(30)31)19(27)11-18(15)26-21(29)14-12-25-17-9-7-6-8-13(17)20(14)28;1-23(2,3)15-10-16-19(30-22(29)24(16,4)5)11-18(15)26-21(28)14-12-25-17-9-7-6-8-13(17)20(14)27;1-13(2,3)8-6-9-11(7-10(8)15)17-12(16)14(9,4)5;12-9-6-3-1-2-4-8(6)11-5-7(9)10(13)14;1-2;;;/h6-12,27H,1-5H3,(H,25,28)(H,26,29)(H,30,31);6-12H,1-5H3,(H,25,27)(H,26,28);6-7H,15H2,1-5H3;1-5H,(H,11,12)(H,13,14);2H,1H3;1H4;;1H2/q;;;;;;+1;/p-1. The minimum Gasteiger partial charge on any atom is -0.870 e. The van der Waals surface area contributed by atoms with Crippen molar-refractivity contribution in [2.45, 2.75) is 144 Å². The number of carbonyl (C=O) groups is 6. The normalized spacial score (nSPS) is 13.2. The number of H-pyrrole nitrogens is 3. The molecular formula is C74H85N6NaO16. The number of aromatic hydroxyl groups is 1. The molecule has 12 N–H and O–H groups in total. The van der Waals surface area contributed by atoms with E-state index in [2.05, 4.69) is 46.4 Å². The molecule has 0 unspecified atom stereocenters. The van der Waals surface area contributed by atoms with Crippen molar-refractivity contribution in [2.75, 3.05) is 23.5 Å². The number of rotatable bonds is 7. The largest absolute Gasteiger partial charge is 1.00 e. The average molecular weight is 1340 g/mol. The number of carboxylic acid groups (broad SMARTS) is 2. The number of aliphatic carboxylic acids is 1. The summed E-state index contributed by atoms with van der Waals surface area (Å²) in [5.74, 6) is -3.18. The summed E-state index contributed by atoms with van der Waals surface area (Å²) in [5.41, 5.74) is 9.02.